The molecule has 1 aliphatic carbocycles. The molecule has 2 atom stereocenters. The van der Waals surface area contributed by atoms with Gasteiger partial charge in [-0.1, -0.05) is 136 Å². The van der Waals surface area contributed by atoms with Gasteiger partial charge in [-0.15, -0.1) is 0 Å². The van der Waals surface area contributed by atoms with Crippen molar-refractivity contribution in [1.29, 1.82) is 0 Å². The van der Waals surface area contributed by atoms with E-state index in [1.807, 2.05) is 11.8 Å². The number of anilines is 8. The van der Waals surface area contributed by atoms with Gasteiger partial charge in [0.25, 0.3) is 6.71 Å². The van der Waals surface area contributed by atoms with Crippen LogP contribution in [0.3, 0.4) is 0 Å². The van der Waals surface area contributed by atoms with E-state index in [0.29, 0.717) is 0 Å². The fraction of sp³-hybridized carbons (Fsp3) is 0.208. The fourth-order valence-corrected chi connectivity index (χ4v) is 13.3. The maximum absolute atomic E-state index is 2.84. The number of rotatable bonds is 4. The van der Waals surface area contributed by atoms with Crippen molar-refractivity contribution in [2.45, 2.75) is 79.5 Å². The molecule has 0 amide bonds. The van der Waals surface area contributed by atoms with Crippen molar-refractivity contribution in [3.63, 3.8) is 0 Å². The van der Waals surface area contributed by atoms with Crippen LogP contribution in [0.5, 0.6) is 0 Å². The zero-order valence-corrected chi connectivity index (χ0v) is 34.5. The van der Waals surface area contributed by atoms with Gasteiger partial charge in [-0.25, -0.2) is 0 Å². The van der Waals surface area contributed by atoms with Crippen LogP contribution in [0, 0.1) is 0 Å². The Morgan fingerprint density at radius 1 is 0.552 bits per heavy atom. The molecule has 0 saturated heterocycles. The first-order valence-corrected chi connectivity index (χ1v) is 21.9. The summed E-state index contributed by atoms with van der Waals surface area (Å²) in [5.74, 6) is 0. The number of para-hydroxylation sites is 3. The molecule has 0 aromatic heterocycles. The number of nitrogens with zero attached hydrogens (tertiary/aromatic N) is 3. The Hall–Kier alpha value is -5.65. The van der Waals surface area contributed by atoms with Gasteiger partial charge in [0.2, 0.25) is 0 Å². The first kappa shape index (κ1) is 34.4. The first-order valence-electron chi connectivity index (χ1n) is 21.1. The van der Waals surface area contributed by atoms with E-state index in [1.165, 1.54) is 103 Å². The van der Waals surface area contributed by atoms with E-state index < -0.39 is 0 Å². The molecular weight excluding hydrogens is 721 g/mol. The van der Waals surface area contributed by atoms with Crippen LogP contribution in [0.25, 0.3) is 0 Å². The molecule has 7 aromatic rings. The van der Waals surface area contributed by atoms with Crippen LogP contribution in [-0.4, -0.2) is 12.3 Å². The Morgan fingerprint density at radius 2 is 1.19 bits per heavy atom. The van der Waals surface area contributed by atoms with Crippen molar-refractivity contribution in [1.82, 2.24) is 0 Å². The summed E-state index contributed by atoms with van der Waals surface area (Å²) in [6.07, 6.45) is 4.91. The molecule has 2 unspecified atom stereocenters. The highest BCUT2D eigenvalue weighted by Crippen LogP contribution is 2.63. The summed E-state index contributed by atoms with van der Waals surface area (Å²) >= 11 is 1.96. The monoisotopic (exact) mass is 767 g/mol. The van der Waals surface area contributed by atoms with Crippen molar-refractivity contribution in [2.24, 2.45) is 0 Å². The van der Waals surface area contributed by atoms with Crippen molar-refractivity contribution >= 4 is 80.4 Å². The summed E-state index contributed by atoms with van der Waals surface area (Å²) in [4.78, 5) is 10.6. The van der Waals surface area contributed by atoms with E-state index >= 15 is 0 Å². The van der Waals surface area contributed by atoms with Crippen LogP contribution in [0.2, 0.25) is 0 Å². The van der Waals surface area contributed by atoms with E-state index in [1.54, 1.807) is 0 Å². The van der Waals surface area contributed by atoms with Crippen LogP contribution in [0.15, 0.2) is 168 Å². The summed E-state index contributed by atoms with van der Waals surface area (Å²) < 4.78 is 0. The molecule has 0 bridgehead atoms. The molecule has 1 saturated carbocycles. The Kier molecular flexibility index (Phi) is 7.23. The molecule has 0 spiro atoms. The number of fused-ring (bicyclic) bond motifs is 11. The third kappa shape index (κ3) is 4.43. The zero-order valence-electron chi connectivity index (χ0n) is 33.7. The predicted molar refractivity (Wildman–Crippen MR) is 246 cm³/mol. The summed E-state index contributed by atoms with van der Waals surface area (Å²) in [6.45, 7) is 10.0. The van der Waals surface area contributed by atoms with Gasteiger partial charge in [-0.2, -0.15) is 0 Å². The Labute approximate surface area is 347 Å². The van der Waals surface area contributed by atoms with Crippen molar-refractivity contribution < 1.29 is 0 Å². The minimum absolute atomic E-state index is 0.0395. The predicted octanol–water partition coefficient (Wildman–Crippen LogP) is 12.3. The highest BCUT2D eigenvalue weighted by Gasteiger charge is 2.61. The third-order valence-electron chi connectivity index (χ3n) is 14.8. The van der Waals surface area contributed by atoms with Crippen LogP contribution in [0.4, 0.5) is 45.5 Å². The average Bonchev–Trinajstić information content (AvgIpc) is 3.47. The van der Waals surface area contributed by atoms with Gasteiger partial charge >= 0.3 is 0 Å². The van der Waals surface area contributed by atoms with Crippen molar-refractivity contribution in [3.8, 4) is 0 Å². The molecule has 4 heterocycles. The largest absolute Gasteiger partial charge is 0.335 e. The van der Waals surface area contributed by atoms with E-state index in [4.69, 9.17) is 0 Å². The Balaban J connectivity index is 1.18. The van der Waals surface area contributed by atoms with E-state index in [2.05, 4.69) is 200 Å². The standard InChI is InChI=1S/C53H46BN3S/c1-51(2)39-24-14-15-25-46(39)58-50-41(51)27-29-42-49(50)56(37-22-12-7-13-23-37)45-31-28-40-48-47(45)54(42)43-34-38(55(35-18-8-5-9-19-35)36-20-10-6-11-21-36)26-30-44(43)57(48)53(4)33-17-16-32-52(40,53)3/h5-15,18-31,34H,16-17,32-33H2,1-4H3. The zero-order chi connectivity index (χ0) is 39.0. The highest BCUT2D eigenvalue weighted by atomic mass is 32.2. The highest BCUT2D eigenvalue weighted by molar-refractivity contribution is 7.99. The van der Waals surface area contributed by atoms with Crippen molar-refractivity contribution in [3.05, 3.63) is 174 Å². The normalized spacial score (nSPS) is 21.3. The second-order valence-electron chi connectivity index (χ2n) is 18.0. The van der Waals surface area contributed by atoms with Gasteiger partial charge in [-0.3, -0.25) is 0 Å². The lowest BCUT2D eigenvalue weighted by molar-refractivity contribution is 0.195. The minimum Gasteiger partial charge on any atom is -0.335 e. The molecule has 0 radical (unpaired) electrons. The van der Waals surface area contributed by atoms with Gasteiger partial charge in [0.15, 0.2) is 0 Å². The molecule has 58 heavy (non-hydrogen) atoms. The van der Waals surface area contributed by atoms with Gasteiger partial charge in [-0.05, 0) is 120 Å². The van der Waals surface area contributed by atoms with Crippen molar-refractivity contribution in [2.75, 3.05) is 14.7 Å². The number of hydrogen-bond acceptors (Lipinski definition) is 4. The molecule has 0 N–H and O–H groups in total. The van der Waals surface area contributed by atoms with Crippen LogP contribution in [0.1, 0.15) is 70.1 Å². The third-order valence-corrected chi connectivity index (χ3v) is 16.0. The summed E-state index contributed by atoms with van der Waals surface area (Å²) in [6, 6.07) is 59.4. The first-order chi connectivity index (χ1) is 28.3. The quantitative estimate of drug-likeness (QED) is 0.165. The summed E-state index contributed by atoms with van der Waals surface area (Å²) in [7, 11) is 0. The van der Waals surface area contributed by atoms with Crippen LogP contribution in [-0.2, 0) is 10.8 Å². The minimum atomic E-state index is -0.147. The lowest BCUT2D eigenvalue weighted by Crippen LogP contribution is -2.64. The van der Waals surface area contributed by atoms with Gasteiger partial charge in [0, 0.05) is 60.4 Å². The molecule has 5 aliphatic rings. The molecule has 3 nitrogen and oxygen atoms in total. The molecule has 282 valence electrons. The molecule has 5 heteroatoms. The lowest BCUT2D eigenvalue weighted by Gasteiger charge is -2.52. The molecule has 12 rings (SSSR count). The molecule has 7 aromatic carbocycles. The molecular formula is C53H46BN3S. The van der Waals surface area contributed by atoms with Gasteiger partial charge in [0.1, 0.15) is 0 Å². The van der Waals surface area contributed by atoms with E-state index in [9.17, 15) is 0 Å². The molecule has 4 aliphatic heterocycles. The average molecular weight is 768 g/mol. The van der Waals surface area contributed by atoms with Crippen LogP contribution >= 0.6 is 11.8 Å². The number of hydrogen-bond donors (Lipinski definition) is 0. The number of benzene rings is 7. The Bertz CT molecular complexity index is 2760. The maximum atomic E-state index is 2.84. The smallest absolute Gasteiger partial charge is 0.252 e. The second-order valence-corrected chi connectivity index (χ2v) is 19.1. The van der Waals surface area contributed by atoms with Gasteiger partial charge in [0.05, 0.1) is 11.2 Å². The van der Waals surface area contributed by atoms with Gasteiger partial charge < -0.3 is 14.7 Å². The van der Waals surface area contributed by atoms with E-state index in [0.717, 1.165) is 11.4 Å². The van der Waals surface area contributed by atoms with Crippen LogP contribution < -0.4 is 31.1 Å². The SMILES string of the molecule is CC1(C)c2ccccc2Sc2c1ccc1c2N(c2ccccc2)c2ccc3c4c2B1c1cc(N(c2ccccc2)c2ccccc2)ccc1N4C1(C)CCCCC31C. The molecule has 1 fully saturated rings. The fourth-order valence-electron chi connectivity index (χ4n) is 11.8. The summed E-state index contributed by atoms with van der Waals surface area (Å²) in [5.41, 5.74) is 18.6. The lowest BCUT2D eigenvalue weighted by atomic mass is 9.33. The topological polar surface area (TPSA) is 9.72 Å². The second kappa shape index (κ2) is 12.2. The summed E-state index contributed by atoms with van der Waals surface area (Å²) in [5, 5.41) is 0. The maximum Gasteiger partial charge on any atom is 0.252 e. The van der Waals surface area contributed by atoms with E-state index in [-0.39, 0.29) is 23.1 Å². The Morgan fingerprint density at radius 3 is 1.93 bits per heavy atom.